The summed E-state index contributed by atoms with van der Waals surface area (Å²) >= 11 is 5.42. The summed E-state index contributed by atoms with van der Waals surface area (Å²) in [5.41, 5.74) is 2.44. The standard InChI is InChI=1S/C17H18N6O2S4/c1-3-12(24)18-14-20-23-17(28-14)27-9-13(25)19-15-21-22-16(29-15)26-8-11-6-4-5-10(2)7-11/h4-7H,3,8-9H2,1-2H3,(H,18,20,24)(H,19,21,25). The molecule has 0 radical (unpaired) electrons. The Labute approximate surface area is 184 Å². The first-order valence-corrected chi connectivity index (χ1v) is 12.2. The fourth-order valence-corrected chi connectivity index (χ4v) is 5.35. The summed E-state index contributed by atoms with van der Waals surface area (Å²) in [6.45, 7) is 3.82. The van der Waals surface area contributed by atoms with Crippen LogP contribution in [0.5, 0.6) is 0 Å². The van der Waals surface area contributed by atoms with E-state index in [1.165, 1.54) is 45.6 Å². The third kappa shape index (κ3) is 7.07. The maximum absolute atomic E-state index is 12.1. The van der Waals surface area contributed by atoms with E-state index in [1.54, 1.807) is 18.7 Å². The molecule has 1 aromatic carbocycles. The average Bonchev–Trinajstić information content (AvgIpc) is 3.34. The molecule has 0 fully saturated rings. The normalized spacial score (nSPS) is 10.7. The van der Waals surface area contributed by atoms with Crippen LogP contribution in [0.25, 0.3) is 0 Å². The second kappa shape index (κ2) is 10.7. The molecule has 2 amide bonds. The number of rotatable bonds is 9. The van der Waals surface area contributed by atoms with Crippen molar-refractivity contribution in [2.45, 2.75) is 34.7 Å². The van der Waals surface area contributed by atoms with E-state index < -0.39 is 0 Å². The Bertz CT molecular complexity index is 990. The summed E-state index contributed by atoms with van der Waals surface area (Å²) in [7, 11) is 0. The molecule has 0 saturated carbocycles. The third-order valence-electron chi connectivity index (χ3n) is 3.40. The number of nitrogens with zero attached hydrogens (tertiary/aromatic N) is 4. The van der Waals surface area contributed by atoms with Crippen LogP contribution < -0.4 is 10.6 Å². The fraction of sp³-hybridized carbons (Fsp3) is 0.294. The molecular weight excluding hydrogens is 448 g/mol. The van der Waals surface area contributed by atoms with E-state index in [0.717, 1.165) is 10.1 Å². The van der Waals surface area contributed by atoms with E-state index in [0.29, 0.717) is 21.0 Å². The molecule has 12 heteroatoms. The Hall–Kier alpha value is -2.02. The van der Waals surface area contributed by atoms with Gasteiger partial charge in [-0.1, -0.05) is 82.9 Å². The predicted octanol–water partition coefficient (Wildman–Crippen LogP) is 4.07. The van der Waals surface area contributed by atoms with Crippen molar-refractivity contribution in [1.82, 2.24) is 20.4 Å². The van der Waals surface area contributed by atoms with Crippen LogP contribution in [0, 0.1) is 6.92 Å². The molecule has 0 aliphatic rings. The molecule has 0 bridgehead atoms. The number of aromatic nitrogens is 4. The van der Waals surface area contributed by atoms with Crippen molar-refractivity contribution in [3.8, 4) is 0 Å². The smallest absolute Gasteiger partial charge is 0.236 e. The van der Waals surface area contributed by atoms with Crippen LogP contribution in [0.2, 0.25) is 0 Å². The summed E-state index contributed by atoms with van der Waals surface area (Å²) in [5, 5.41) is 22.3. The van der Waals surface area contributed by atoms with Gasteiger partial charge in [0.2, 0.25) is 22.1 Å². The van der Waals surface area contributed by atoms with E-state index in [-0.39, 0.29) is 17.6 Å². The van der Waals surface area contributed by atoms with Crippen LogP contribution in [-0.4, -0.2) is 38.0 Å². The molecule has 152 valence electrons. The molecule has 0 spiro atoms. The summed E-state index contributed by atoms with van der Waals surface area (Å²) in [5.74, 6) is 0.647. The molecule has 2 N–H and O–H groups in total. The van der Waals surface area contributed by atoms with Gasteiger partial charge in [0, 0.05) is 12.2 Å². The van der Waals surface area contributed by atoms with Crippen molar-refractivity contribution < 1.29 is 9.59 Å². The molecule has 0 aliphatic carbocycles. The van der Waals surface area contributed by atoms with Gasteiger partial charge >= 0.3 is 0 Å². The fourth-order valence-electron chi connectivity index (χ4n) is 2.07. The summed E-state index contributed by atoms with van der Waals surface area (Å²) in [4.78, 5) is 23.5. The molecular formula is C17H18N6O2S4. The number of benzene rings is 1. The van der Waals surface area contributed by atoms with Crippen LogP contribution in [0.15, 0.2) is 32.9 Å². The van der Waals surface area contributed by atoms with Gasteiger partial charge in [0.05, 0.1) is 5.75 Å². The molecule has 8 nitrogen and oxygen atoms in total. The minimum Gasteiger partial charge on any atom is -0.301 e. The number of hydrogen-bond donors (Lipinski definition) is 2. The second-order valence-corrected chi connectivity index (χ2v) is 10.2. The lowest BCUT2D eigenvalue weighted by Crippen LogP contribution is -2.13. The Morgan fingerprint density at radius 2 is 1.62 bits per heavy atom. The highest BCUT2D eigenvalue weighted by atomic mass is 32.2. The summed E-state index contributed by atoms with van der Waals surface area (Å²) < 4.78 is 1.41. The Kier molecular flexibility index (Phi) is 7.98. The topological polar surface area (TPSA) is 110 Å². The van der Waals surface area contributed by atoms with Gasteiger partial charge < -0.3 is 5.32 Å². The van der Waals surface area contributed by atoms with E-state index >= 15 is 0 Å². The molecule has 3 aromatic rings. The molecule has 3 rings (SSSR count). The van der Waals surface area contributed by atoms with Gasteiger partial charge in [-0.3, -0.25) is 14.9 Å². The highest BCUT2D eigenvalue weighted by Crippen LogP contribution is 2.29. The third-order valence-corrected chi connectivity index (χ3v) is 7.41. The zero-order valence-electron chi connectivity index (χ0n) is 15.7. The first kappa shape index (κ1) is 21.7. The molecule has 2 aromatic heterocycles. The van der Waals surface area contributed by atoms with E-state index in [2.05, 4.69) is 56.2 Å². The number of amides is 2. The molecule has 0 unspecified atom stereocenters. The lowest BCUT2D eigenvalue weighted by molar-refractivity contribution is -0.116. The monoisotopic (exact) mass is 466 g/mol. The van der Waals surface area contributed by atoms with Gasteiger partial charge in [-0.05, 0) is 12.5 Å². The SMILES string of the molecule is CCC(=O)Nc1nnc(SCC(=O)Nc2nnc(SCc3cccc(C)c3)s2)s1. The van der Waals surface area contributed by atoms with E-state index in [9.17, 15) is 9.59 Å². The highest BCUT2D eigenvalue weighted by Gasteiger charge is 2.12. The minimum atomic E-state index is -0.198. The maximum Gasteiger partial charge on any atom is 0.236 e. The second-order valence-electron chi connectivity index (χ2n) is 5.76. The van der Waals surface area contributed by atoms with Crippen molar-refractivity contribution in [3.63, 3.8) is 0 Å². The maximum atomic E-state index is 12.1. The first-order chi connectivity index (χ1) is 14.0. The summed E-state index contributed by atoms with van der Waals surface area (Å²) in [6, 6.07) is 8.32. The zero-order chi connectivity index (χ0) is 20.6. The number of nitrogens with one attached hydrogen (secondary N) is 2. The van der Waals surface area contributed by atoms with E-state index in [4.69, 9.17) is 0 Å². The zero-order valence-corrected chi connectivity index (χ0v) is 18.9. The molecule has 0 atom stereocenters. The molecule has 29 heavy (non-hydrogen) atoms. The van der Waals surface area contributed by atoms with Crippen molar-refractivity contribution in [2.24, 2.45) is 0 Å². The van der Waals surface area contributed by atoms with Crippen molar-refractivity contribution in [2.75, 3.05) is 16.4 Å². The van der Waals surface area contributed by atoms with Crippen molar-refractivity contribution >= 4 is 68.3 Å². The van der Waals surface area contributed by atoms with Gasteiger partial charge in [-0.2, -0.15) is 0 Å². The Morgan fingerprint density at radius 1 is 0.966 bits per heavy atom. The van der Waals surface area contributed by atoms with Gasteiger partial charge in [-0.15, -0.1) is 20.4 Å². The van der Waals surface area contributed by atoms with Gasteiger partial charge in [0.1, 0.15) is 0 Å². The molecule has 0 saturated heterocycles. The first-order valence-electron chi connectivity index (χ1n) is 8.59. The average molecular weight is 467 g/mol. The number of carbonyl (C=O) groups is 2. The van der Waals surface area contributed by atoms with Gasteiger partial charge in [0.15, 0.2) is 8.68 Å². The van der Waals surface area contributed by atoms with Gasteiger partial charge in [-0.25, -0.2) is 0 Å². The minimum absolute atomic E-state index is 0.122. The lowest BCUT2D eigenvalue weighted by atomic mass is 10.2. The number of aryl methyl sites for hydroxylation is 1. The van der Waals surface area contributed by atoms with Gasteiger partial charge in [0.25, 0.3) is 0 Å². The number of hydrogen-bond acceptors (Lipinski definition) is 10. The summed E-state index contributed by atoms with van der Waals surface area (Å²) in [6.07, 6.45) is 0.373. The Morgan fingerprint density at radius 3 is 2.28 bits per heavy atom. The van der Waals surface area contributed by atoms with Crippen molar-refractivity contribution in [1.29, 1.82) is 0 Å². The Balaban J connectivity index is 1.43. The quantitative estimate of drug-likeness (QED) is 0.359. The highest BCUT2D eigenvalue weighted by molar-refractivity contribution is 8.01. The van der Waals surface area contributed by atoms with Crippen LogP contribution >= 0.6 is 46.2 Å². The van der Waals surface area contributed by atoms with E-state index in [1.807, 2.05) is 6.07 Å². The number of anilines is 2. The largest absolute Gasteiger partial charge is 0.301 e. The number of thioether (sulfide) groups is 2. The van der Waals surface area contributed by atoms with Crippen LogP contribution in [0.1, 0.15) is 24.5 Å². The van der Waals surface area contributed by atoms with Crippen LogP contribution in [0.4, 0.5) is 10.3 Å². The van der Waals surface area contributed by atoms with Crippen LogP contribution in [-0.2, 0) is 15.3 Å². The van der Waals surface area contributed by atoms with Crippen molar-refractivity contribution in [3.05, 3.63) is 35.4 Å². The molecule has 0 aliphatic heterocycles. The lowest BCUT2D eigenvalue weighted by Gasteiger charge is -2.00. The number of carbonyl (C=O) groups excluding carboxylic acids is 2. The molecule has 2 heterocycles. The van der Waals surface area contributed by atoms with Crippen LogP contribution in [0.3, 0.4) is 0 Å². The predicted molar refractivity (Wildman–Crippen MR) is 119 cm³/mol.